The minimum Gasteiger partial charge on any atom is -0.455 e. The van der Waals surface area contributed by atoms with Crippen molar-refractivity contribution in [1.29, 1.82) is 10.7 Å². The molecule has 0 saturated heterocycles. The van der Waals surface area contributed by atoms with Crippen molar-refractivity contribution in [2.75, 3.05) is 0 Å². The summed E-state index contributed by atoms with van der Waals surface area (Å²) in [5.41, 5.74) is 13.7. The Hall–Kier alpha value is -8.66. The number of nitriles is 1. The molecule has 0 aliphatic rings. The summed E-state index contributed by atoms with van der Waals surface area (Å²) < 4.78 is 17.7. The minimum atomic E-state index is 0.397. The molecule has 0 spiro atoms. The fourth-order valence-corrected chi connectivity index (χ4v) is 9.95. The van der Waals surface area contributed by atoms with Crippen LogP contribution in [0.1, 0.15) is 11.1 Å². The number of para-hydroxylation sites is 2. The SMILES string of the molecule is N#Cc1c(-n2c3ccc(-c4ccccc4)cc3c3c4oc5ccccc5c4ccc32)ccc(-n2c3ccc(-c4ccccc4)cc3c3c4oc5ccccc5c4ccc32)c1C=N. The van der Waals surface area contributed by atoms with Gasteiger partial charge >= 0.3 is 0 Å². The lowest BCUT2D eigenvalue weighted by atomic mass is 10.0. The van der Waals surface area contributed by atoms with Gasteiger partial charge in [0.15, 0.2) is 0 Å². The number of nitrogens with one attached hydrogen (secondary N) is 1. The maximum Gasteiger partial charge on any atom is 0.145 e. The lowest BCUT2D eigenvalue weighted by molar-refractivity contribution is 0.672. The Kier molecular flexibility index (Phi) is 7.13. The first-order valence-electron chi connectivity index (χ1n) is 20.6. The number of hydrogen-bond donors (Lipinski definition) is 1. The minimum absolute atomic E-state index is 0.397. The molecule has 0 fully saturated rings. The van der Waals surface area contributed by atoms with Crippen LogP contribution in [0.3, 0.4) is 0 Å². The van der Waals surface area contributed by atoms with Gasteiger partial charge in [-0.25, -0.2) is 0 Å². The molecule has 4 heterocycles. The van der Waals surface area contributed by atoms with E-state index in [0.717, 1.165) is 115 Å². The van der Waals surface area contributed by atoms with Gasteiger partial charge in [-0.3, -0.25) is 0 Å². The van der Waals surface area contributed by atoms with Gasteiger partial charge in [-0.2, -0.15) is 5.26 Å². The fourth-order valence-electron chi connectivity index (χ4n) is 9.95. The molecule has 6 nitrogen and oxygen atoms in total. The van der Waals surface area contributed by atoms with Gasteiger partial charge in [0.25, 0.3) is 0 Å². The largest absolute Gasteiger partial charge is 0.455 e. The van der Waals surface area contributed by atoms with E-state index >= 15 is 0 Å². The third-order valence-corrected chi connectivity index (χ3v) is 12.7. The van der Waals surface area contributed by atoms with Crippen molar-refractivity contribution in [2.45, 2.75) is 0 Å². The standard InChI is InChI=1S/C56H32N4O2/c57-31-43-44(32-58)48(60-46-24-20-36(34-13-5-2-6-14-34)30-42(46)54-50(60)26-22-40-38-16-8-10-18-52(38)62-56(40)54)28-27-47(43)59-45-23-19-35(33-11-3-1-4-12-33)29-41(45)53-49(59)25-21-39-37-15-7-9-17-51(37)61-55(39)53/h1-31,57H. The molecule has 62 heavy (non-hydrogen) atoms. The first kappa shape index (κ1) is 34.2. The highest BCUT2D eigenvalue weighted by molar-refractivity contribution is 6.26. The summed E-state index contributed by atoms with van der Waals surface area (Å²) >= 11 is 0. The summed E-state index contributed by atoms with van der Waals surface area (Å²) in [6, 6.07) is 65.3. The third kappa shape index (κ3) is 4.70. The molecule has 0 bridgehead atoms. The van der Waals surface area contributed by atoms with Crippen LogP contribution < -0.4 is 0 Å². The van der Waals surface area contributed by atoms with Crippen molar-refractivity contribution < 1.29 is 8.83 Å². The lowest BCUT2D eigenvalue weighted by Crippen LogP contribution is -2.06. The van der Waals surface area contributed by atoms with Gasteiger partial charge in [-0.15, -0.1) is 0 Å². The Labute approximate surface area is 353 Å². The van der Waals surface area contributed by atoms with Crippen LogP contribution in [0.15, 0.2) is 191 Å². The molecule has 288 valence electrons. The Morgan fingerprint density at radius 3 is 1.37 bits per heavy atom. The van der Waals surface area contributed by atoms with E-state index in [-0.39, 0.29) is 0 Å². The molecule has 4 aromatic heterocycles. The predicted octanol–water partition coefficient (Wildman–Crippen LogP) is 14.9. The van der Waals surface area contributed by atoms with E-state index in [9.17, 15) is 5.26 Å². The summed E-state index contributed by atoms with van der Waals surface area (Å²) in [7, 11) is 0. The van der Waals surface area contributed by atoms with Crippen LogP contribution in [0.2, 0.25) is 0 Å². The van der Waals surface area contributed by atoms with Crippen LogP contribution in [-0.4, -0.2) is 15.3 Å². The first-order chi connectivity index (χ1) is 30.7. The van der Waals surface area contributed by atoms with E-state index in [1.807, 2.05) is 54.6 Å². The highest BCUT2D eigenvalue weighted by atomic mass is 16.3. The molecule has 0 atom stereocenters. The molecule has 0 aliphatic heterocycles. The predicted molar refractivity (Wildman–Crippen MR) is 253 cm³/mol. The molecule has 0 radical (unpaired) electrons. The molecule has 9 aromatic carbocycles. The maximum absolute atomic E-state index is 11.3. The molecule has 0 unspecified atom stereocenters. The van der Waals surface area contributed by atoms with Crippen molar-refractivity contribution in [3.05, 3.63) is 193 Å². The summed E-state index contributed by atoms with van der Waals surface area (Å²) in [6.07, 6.45) is 1.33. The van der Waals surface area contributed by atoms with Crippen LogP contribution in [0, 0.1) is 16.7 Å². The van der Waals surface area contributed by atoms with Crippen molar-refractivity contribution >= 4 is 93.7 Å². The second-order valence-electron chi connectivity index (χ2n) is 15.9. The van der Waals surface area contributed by atoms with Gasteiger partial charge in [0, 0.05) is 44.1 Å². The van der Waals surface area contributed by atoms with Crippen molar-refractivity contribution in [3.63, 3.8) is 0 Å². The van der Waals surface area contributed by atoms with E-state index < -0.39 is 0 Å². The molecule has 13 rings (SSSR count). The number of hydrogen-bond acceptors (Lipinski definition) is 4. The lowest BCUT2D eigenvalue weighted by Gasteiger charge is -2.17. The second-order valence-corrected chi connectivity index (χ2v) is 15.9. The quantitative estimate of drug-likeness (QED) is 0.176. The number of benzene rings is 9. The second kappa shape index (κ2) is 12.9. The Morgan fingerprint density at radius 1 is 0.419 bits per heavy atom. The Bertz CT molecular complexity index is 4060. The van der Waals surface area contributed by atoms with Crippen molar-refractivity contribution in [1.82, 2.24) is 9.13 Å². The normalized spacial score (nSPS) is 11.9. The Morgan fingerprint density at radius 2 is 0.871 bits per heavy atom. The van der Waals surface area contributed by atoms with Gasteiger partial charge < -0.3 is 23.4 Å². The smallest absolute Gasteiger partial charge is 0.145 e. The van der Waals surface area contributed by atoms with Gasteiger partial charge in [0.2, 0.25) is 0 Å². The van der Waals surface area contributed by atoms with Crippen LogP contribution in [0.5, 0.6) is 0 Å². The van der Waals surface area contributed by atoms with Gasteiger partial charge in [-0.1, -0.05) is 109 Å². The molecule has 1 N–H and O–H groups in total. The van der Waals surface area contributed by atoms with Crippen molar-refractivity contribution in [3.8, 4) is 39.7 Å². The van der Waals surface area contributed by atoms with E-state index in [0.29, 0.717) is 16.8 Å². The van der Waals surface area contributed by atoms with Gasteiger partial charge in [0.05, 0.1) is 49.8 Å². The van der Waals surface area contributed by atoms with Crippen molar-refractivity contribution in [2.24, 2.45) is 0 Å². The van der Waals surface area contributed by atoms with Crippen LogP contribution in [-0.2, 0) is 0 Å². The summed E-state index contributed by atoms with van der Waals surface area (Å²) in [5.74, 6) is 0. The number of aromatic nitrogens is 2. The monoisotopic (exact) mass is 792 g/mol. The highest BCUT2D eigenvalue weighted by Crippen LogP contribution is 2.45. The van der Waals surface area contributed by atoms with Gasteiger partial charge in [0.1, 0.15) is 28.4 Å². The molecular weight excluding hydrogens is 761 g/mol. The van der Waals surface area contributed by atoms with E-state index in [1.165, 1.54) is 6.21 Å². The Balaban J connectivity index is 1.11. The first-order valence-corrected chi connectivity index (χ1v) is 20.6. The van der Waals surface area contributed by atoms with E-state index in [4.69, 9.17) is 14.2 Å². The number of rotatable bonds is 5. The summed E-state index contributed by atoms with van der Waals surface area (Å²) in [6.45, 7) is 0. The van der Waals surface area contributed by atoms with E-state index in [2.05, 4.69) is 143 Å². The third-order valence-electron chi connectivity index (χ3n) is 12.7. The topological polar surface area (TPSA) is 83.8 Å². The van der Waals surface area contributed by atoms with Crippen LogP contribution in [0.4, 0.5) is 0 Å². The van der Waals surface area contributed by atoms with Gasteiger partial charge in [-0.05, 0) is 95.1 Å². The molecule has 0 amide bonds. The zero-order valence-corrected chi connectivity index (χ0v) is 33.1. The van der Waals surface area contributed by atoms with Crippen LogP contribution >= 0.6 is 0 Å². The fraction of sp³-hybridized carbons (Fsp3) is 0. The molecule has 0 aliphatic carbocycles. The average molecular weight is 793 g/mol. The van der Waals surface area contributed by atoms with Crippen LogP contribution in [0.25, 0.3) is 121 Å². The molecule has 6 heteroatoms. The summed E-state index contributed by atoms with van der Waals surface area (Å²) in [4.78, 5) is 0. The number of fused-ring (bicyclic) bond motifs is 14. The number of nitrogens with zero attached hydrogens (tertiary/aromatic N) is 3. The number of furan rings is 2. The zero-order chi connectivity index (χ0) is 41.1. The highest BCUT2D eigenvalue weighted by Gasteiger charge is 2.25. The molecular formula is C56H32N4O2. The zero-order valence-electron chi connectivity index (χ0n) is 33.1. The molecule has 0 saturated carbocycles. The molecule has 13 aromatic rings. The summed E-state index contributed by atoms with van der Waals surface area (Å²) in [5, 5.41) is 28.4. The average Bonchev–Trinajstić information content (AvgIpc) is 4.08. The van der Waals surface area contributed by atoms with E-state index in [1.54, 1.807) is 0 Å². The maximum atomic E-state index is 11.3.